The van der Waals surface area contributed by atoms with Gasteiger partial charge in [0, 0.05) is 12.7 Å². The van der Waals surface area contributed by atoms with Gasteiger partial charge in [-0.1, -0.05) is 0 Å². The highest BCUT2D eigenvalue weighted by Gasteiger charge is 2.20. The quantitative estimate of drug-likeness (QED) is 0.364. The predicted octanol–water partition coefficient (Wildman–Crippen LogP) is 1.93. The zero-order chi connectivity index (χ0) is 23.8. The van der Waals surface area contributed by atoms with Gasteiger partial charge in [0.25, 0.3) is 5.91 Å². The van der Waals surface area contributed by atoms with E-state index in [0.717, 1.165) is 6.20 Å². The first-order valence-corrected chi connectivity index (χ1v) is 11.6. The van der Waals surface area contributed by atoms with Crippen molar-refractivity contribution in [3.8, 4) is 6.07 Å². The molecule has 0 radical (unpaired) electrons. The number of aromatic nitrogens is 5. The zero-order valence-corrected chi connectivity index (χ0v) is 18.7. The molecule has 1 aromatic carbocycles. The molecule has 3 aromatic heterocycles. The van der Waals surface area contributed by atoms with E-state index in [1.165, 1.54) is 12.1 Å². The molecular formula is C21H20N7O4P. The van der Waals surface area contributed by atoms with E-state index in [9.17, 15) is 24.4 Å². The average Bonchev–Trinajstić information content (AvgIpc) is 3.33. The zero-order valence-electron chi connectivity index (χ0n) is 17.8. The summed E-state index contributed by atoms with van der Waals surface area (Å²) in [7, 11) is -4.40. The maximum Gasteiger partial charge on any atom is 0.357 e. The molecule has 0 spiro atoms. The molecule has 1 amide bonds. The summed E-state index contributed by atoms with van der Waals surface area (Å²) < 4.78 is 14.7. The van der Waals surface area contributed by atoms with Crippen molar-refractivity contribution in [2.45, 2.75) is 26.9 Å². The monoisotopic (exact) mass is 465 g/mol. The second kappa shape index (κ2) is 8.60. The Kier molecular flexibility index (Phi) is 5.82. The number of pyridine rings is 1. The molecule has 33 heavy (non-hydrogen) atoms. The molecule has 0 saturated heterocycles. The summed E-state index contributed by atoms with van der Waals surface area (Å²) in [4.78, 5) is 40.2. The van der Waals surface area contributed by atoms with Crippen LogP contribution in [-0.2, 0) is 17.7 Å². The van der Waals surface area contributed by atoms with Crippen molar-refractivity contribution in [3.05, 3.63) is 65.2 Å². The van der Waals surface area contributed by atoms with Gasteiger partial charge < -0.3 is 14.4 Å². The summed E-state index contributed by atoms with van der Waals surface area (Å²) >= 11 is 0. The number of hydrogen-bond donors (Lipinski definition) is 3. The fourth-order valence-electron chi connectivity index (χ4n) is 3.43. The van der Waals surface area contributed by atoms with Crippen LogP contribution in [-0.4, -0.2) is 40.0 Å². The van der Waals surface area contributed by atoms with Crippen LogP contribution in [0.25, 0.3) is 11.0 Å². The SMILES string of the molecule is CCn1nc(C)cc1C(=O)Nc1nc2cc(C#N)ccc2n1Cc1ccc(P(=O)(O)O)cn1. The average molecular weight is 465 g/mol. The summed E-state index contributed by atoms with van der Waals surface area (Å²) in [6.45, 7) is 4.38. The van der Waals surface area contributed by atoms with E-state index in [1.807, 2.05) is 6.92 Å². The largest absolute Gasteiger partial charge is 0.357 e. The Bertz CT molecular complexity index is 1440. The van der Waals surface area contributed by atoms with E-state index in [1.54, 1.807) is 40.4 Å². The topological polar surface area (TPSA) is 159 Å². The Hall–Kier alpha value is -3.84. The van der Waals surface area contributed by atoms with Crippen LogP contribution in [0.5, 0.6) is 0 Å². The minimum absolute atomic E-state index is 0.172. The fourth-order valence-corrected chi connectivity index (χ4v) is 3.91. The van der Waals surface area contributed by atoms with Crippen molar-refractivity contribution in [2.24, 2.45) is 0 Å². The maximum absolute atomic E-state index is 13.0. The van der Waals surface area contributed by atoms with E-state index in [0.29, 0.717) is 40.2 Å². The Morgan fingerprint density at radius 3 is 2.67 bits per heavy atom. The molecule has 0 aliphatic heterocycles. The van der Waals surface area contributed by atoms with Crippen molar-refractivity contribution in [3.63, 3.8) is 0 Å². The van der Waals surface area contributed by atoms with Crippen LogP contribution in [0.3, 0.4) is 0 Å². The third-order valence-electron chi connectivity index (χ3n) is 5.00. The molecule has 12 heteroatoms. The molecule has 168 valence electrons. The Labute approximate surface area is 188 Å². The van der Waals surface area contributed by atoms with Gasteiger partial charge in [-0.05, 0) is 50.2 Å². The molecule has 0 bridgehead atoms. The summed E-state index contributed by atoms with van der Waals surface area (Å²) in [6.07, 6.45) is 1.13. The van der Waals surface area contributed by atoms with Gasteiger partial charge in [-0.15, -0.1) is 0 Å². The number of hydrogen-bond acceptors (Lipinski definition) is 6. The molecule has 3 heterocycles. The lowest BCUT2D eigenvalue weighted by atomic mass is 10.2. The lowest BCUT2D eigenvalue weighted by Gasteiger charge is -2.11. The maximum atomic E-state index is 13.0. The number of rotatable bonds is 6. The fraction of sp³-hybridized carbons (Fsp3) is 0.190. The van der Waals surface area contributed by atoms with Crippen LogP contribution in [0.2, 0.25) is 0 Å². The van der Waals surface area contributed by atoms with E-state index in [2.05, 4.69) is 26.5 Å². The highest BCUT2D eigenvalue weighted by Crippen LogP contribution is 2.32. The third kappa shape index (κ3) is 4.54. The number of fused-ring (bicyclic) bond motifs is 1. The number of nitrogens with one attached hydrogen (secondary N) is 1. The molecule has 0 fully saturated rings. The van der Waals surface area contributed by atoms with Gasteiger partial charge in [0.15, 0.2) is 0 Å². The van der Waals surface area contributed by atoms with Crippen molar-refractivity contribution < 1.29 is 19.1 Å². The Balaban J connectivity index is 1.74. The van der Waals surface area contributed by atoms with Crippen molar-refractivity contribution in [1.29, 1.82) is 5.26 Å². The molecule has 0 unspecified atom stereocenters. The van der Waals surface area contributed by atoms with Gasteiger partial charge in [-0.25, -0.2) is 4.98 Å². The highest BCUT2D eigenvalue weighted by molar-refractivity contribution is 7.60. The van der Waals surface area contributed by atoms with Gasteiger partial charge in [-0.2, -0.15) is 10.4 Å². The molecule has 4 aromatic rings. The normalized spacial score (nSPS) is 11.5. The minimum Gasteiger partial charge on any atom is -0.321 e. The van der Waals surface area contributed by atoms with Gasteiger partial charge in [0.1, 0.15) is 5.69 Å². The summed E-state index contributed by atoms with van der Waals surface area (Å²) in [5.41, 5.74) is 3.19. The minimum atomic E-state index is -4.40. The molecule has 0 saturated carbocycles. The number of benzene rings is 1. The van der Waals surface area contributed by atoms with Crippen LogP contribution in [0.4, 0.5) is 5.95 Å². The van der Waals surface area contributed by atoms with E-state index < -0.39 is 7.60 Å². The van der Waals surface area contributed by atoms with Crippen molar-refractivity contribution >= 4 is 35.8 Å². The predicted molar refractivity (Wildman–Crippen MR) is 120 cm³/mol. The molecule has 0 atom stereocenters. The second-order valence-corrected chi connectivity index (χ2v) is 8.93. The molecule has 0 aliphatic carbocycles. The highest BCUT2D eigenvalue weighted by atomic mass is 31.2. The Morgan fingerprint density at radius 2 is 2.03 bits per heavy atom. The van der Waals surface area contributed by atoms with Crippen molar-refractivity contribution in [2.75, 3.05) is 5.32 Å². The van der Waals surface area contributed by atoms with Crippen LogP contribution in [0.15, 0.2) is 42.6 Å². The Morgan fingerprint density at radius 1 is 1.24 bits per heavy atom. The molecule has 4 rings (SSSR count). The number of anilines is 1. The standard InChI is InChI=1S/C21H20N7O4P/c1-3-28-19(8-13(2)26-28)20(29)25-21-24-17-9-14(10-22)4-7-18(17)27(21)12-15-5-6-16(11-23-15)33(30,31)32/h4-9,11H,3,12H2,1-2H3,(H,24,25,29)(H2,30,31,32). The number of nitrogens with zero attached hydrogens (tertiary/aromatic N) is 6. The molecule has 3 N–H and O–H groups in total. The number of carbonyl (C=O) groups excluding carboxylic acids is 1. The van der Waals surface area contributed by atoms with Gasteiger partial charge in [-0.3, -0.25) is 24.3 Å². The third-order valence-corrected chi connectivity index (χ3v) is 5.94. The number of aryl methyl sites for hydroxylation is 2. The summed E-state index contributed by atoms with van der Waals surface area (Å²) in [6, 6.07) is 11.6. The number of imidazole rings is 1. The summed E-state index contributed by atoms with van der Waals surface area (Å²) in [5.74, 6) is -0.147. The number of nitriles is 1. The summed E-state index contributed by atoms with van der Waals surface area (Å²) in [5, 5.41) is 16.1. The van der Waals surface area contributed by atoms with Crippen LogP contribution >= 0.6 is 7.60 Å². The van der Waals surface area contributed by atoms with Crippen LogP contribution in [0, 0.1) is 18.3 Å². The first-order chi connectivity index (χ1) is 15.7. The molecule has 0 aliphatic rings. The molecule has 11 nitrogen and oxygen atoms in total. The van der Waals surface area contributed by atoms with Gasteiger partial charge >= 0.3 is 7.60 Å². The second-order valence-electron chi connectivity index (χ2n) is 7.33. The lowest BCUT2D eigenvalue weighted by molar-refractivity contribution is 0.101. The van der Waals surface area contributed by atoms with Crippen LogP contribution < -0.4 is 10.6 Å². The lowest BCUT2D eigenvalue weighted by Crippen LogP contribution is -2.20. The van der Waals surface area contributed by atoms with Crippen molar-refractivity contribution in [1.82, 2.24) is 24.3 Å². The smallest absolute Gasteiger partial charge is 0.321 e. The van der Waals surface area contributed by atoms with Gasteiger partial charge in [0.2, 0.25) is 5.95 Å². The van der Waals surface area contributed by atoms with Gasteiger partial charge in [0.05, 0.1) is 45.9 Å². The number of amides is 1. The van der Waals surface area contributed by atoms with Crippen LogP contribution in [0.1, 0.15) is 34.4 Å². The first kappa shape index (κ1) is 22.4. The first-order valence-electron chi connectivity index (χ1n) is 9.97. The van der Waals surface area contributed by atoms with E-state index in [-0.39, 0.29) is 23.7 Å². The van der Waals surface area contributed by atoms with E-state index >= 15 is 0 Å². The molecular weight excluding hydrogens is 445 g/mol. The van der Waals surface area contributed by atoms with E-state index in [4.69, 9.17) is 0 Å². The number of carbonyl (C=O) groups is 1.